The summed E-state index contributed by atoms with van der Waals surface area (Å²) < 4.78 is 38.6. The first-order chi connectivity index (χ1) is 7.14. The van der Waals surface area contributed by atoms with Gasteiger partial charge in [0.1, 0.15) is 0 Å². The fraction of sp³-hybridized carbons (Fsp3) is 0.750. The van der Waals surface area contributed by atoms with Gasteiger partial charge in [0, 0.05) is 6.54 Å². The lowest BCUT2D eigenvalue weighted by Gasteiger charge is -2.19. The molecule has 0 saturated heterocycles. The molecule has 8 heteroatoms. The van der Waals surface area contributed by atoms with Crippen LogP contribution in [0.2, 0.25) is 0 Å². The third-order valence-electron chi connectivity index (χ3n) is 1.80. The van der Waals surface area contributed by atoms with Crippen LogP contribution < -0.4 is 5.73 Å². The predicted molar refractivity (Wildman–Crippen MR) is 48.1 cm³/mol. The fourth-order valence-corrected chi connectivity index (χ4v) is 0.684. The number of ether oxygens (including phenoxy) is 1. The maximum atomic E-state index is 11.7. The molecular formula is C8H13F3N2O3. The zero-order valence-corrected chi connectivity index (χ0v) is 8.87. The lowest BCUT2D eigenvalue weighted by molar-refractivity contribution is -0.201. The summed E-state index contributed by atoms with van der Waals surface area (Å²) in [6, 6.07) is 0. The highest BCUT2D eigenvalue weighted by atomic mass is 19.4. The Bertz CT molecular complexity index is 266. The number of rotatable bonds is 4. The molecule has 0 radical (unpaired) electrons. The van der Waals surface area contributed by atoms with E-state index in [2.05, 4.69) is 4.74 Å². The van der Waals surface area contributed by atoms with Crippen LogP contribution in [-0.4, -0.2) is 42.8 Å². The molecule has 0 saturated carbocycles. The topological polar surface area (TPSA) is 72.6 Å². The van der Waals surface area contributed by atoms with Gasteiger partial charge < -0.3 is 10.5 Å². The number of carbonyl (C=O) groups is 2. The number of halogens is 3. The van der Waals surface area contributed by atoms with E-state index < -0.39 is 18.1 Å². The molecule has 0 aliphatic carbocycles. The third kappa shape index (κ3) is 5.66. The third-order valence-corrected chi connectivity index (χ3v) is 1.80. The number of carbonyl (C=O) groups excluding carboxylic acids is 2. The Morgan fingerprint density at radius 1 is 1.44 bits per heavy atom. The van der Waals surface area contributed by atoms with Gasteiger partial charge in [0.15, 0.2) is 0 Å². The van der Waals surface area contributed by atoms with Crippen LogP contribution in [-0.2, 0) is 14.3 Å². The summed E-state index contributed by atoms with van der Waals surface area (Å²) in [5.41, 5.74) is 5.42. The van der Waals surface area contributed by atoms with E-state index in [0.29, 0.717) is 0 Å². The van der Waals surface area contributed by atoms with Crippen molar-refractivity contribution >= 4 is 11.9 Å². The molecule has 1 unspecified atom stereocenters. The Labute approximate surface area is 90.3 Å². The van der Waals surface area contributed by atoms with Crippen molar-refractivity contribution in [2.75, 3.05) is 13.6 Å². The summed E-state index contributed by atoms with van der Waals surface area (Å²) in [4.78, 5) is 22.6. The Morgan fingerprint density at radius 3 is 2.31 bits per heavy atom. The van der Waals surface area contributed by atoms with E-state index in [-0.39, 0.29) is 19.1 Å². The van der Waals surface area contributed by atoms with Crippen molar-refractivity contribution in [2.24, 2.45) is 5.73 Å². The average molecular weight is 242 g/mol. The van der Waals surface area contributed by atoms with Crippen molar-refractivity contribution in [2.45, 2.75) is 25.7 Å². The monoisotopic (exact) mass is 242 g/mol. The number of alkyl halides is 3. The summed E-state index contributed by atoms with van der Waals surface area (Å²) in [5, 5.41) is 0. The fourth-order valence-electron chi connectivity index (χ4n) is 0.684. The summed E-state index contributed by atoms with van der Waals surface area (Å²) in [7, 11) is 1.59. The minimum Gasteiger partial charge on any atom is -0.386 e. The molecule has 94 valence electrons. The van der Waals surface area contributed by atoms with Crippen LogP contribution in [0.15, 0.2) is 0 Å². The molecule has 0 amide bonds. The summed E-state index contributed by atoms with van der Waals surface area (Å²) in [5.74, 6) is -3.73. The van der Waals surface area contributed by atoms with E-state index in [1.54, 1.807) is 14.0 Å². The first kappa shape index (κ1) is 14.8. The number of hydrogen-bond acceptors (Lipinski definition) is 5. The first-order valence-corrected chi connectivity index (χ1v) is 4.42. The quantitative estimate of drug-likeness (QED) is 0.434. The van der Waals surface area contributed by atoms with E-state index >= 15 is 0 Å². The van der Waals surface area contributed by atoms with Crippen molar-refractivity contribution in [1.29, 1.82) is 0 Å². The largest absolute Gasteiger partial charge is 0.491 e. The second kappa shape index (κ2) is 5.80. The van der Waals surface area contributed by atoms with Crippen LogP contribution in [0.1, 0.15) is 13.3 Å². The molecular weight excluding hydrogens is 229 g/mol. The van der Waals surface area contributed by atoms with Crippen molar-refractivity contribution in [3.05, 3.63) is 0 Å². The second-order valence-electron chi connectivity index (χ2n) is 3.23. The van der Waals surface area contributed by atoms with Gasteiger partial charge in [0.05, 0.1) is 12.6 Å². The Morgan fingerprint density at radius 2 is 1.94 bits per heavy atom. The number of nitrogens with two attached hydrogens (primary N) is 1. The van der Waals surface area contributed by atoms with Gasteiger partial charge in [0.2, 0.25) is 0 Å². The summed E-state index contributed by atoms with van der Waals surface area (Å²) in [6.45, 7) is 1.76. The molecule has 0 spiro atoms. The van der Waals surface area contributed by atoms with Crippen molar-refractivity contribution in [3.63, 3.8) is 0 Å². The molecule has 0 rings (SSSR count). The van der Waals surface area contributed by atoms with E-state index in [0.717, 1.165) is 0 Å². The van der Waals surface area contributed by atoms with E-state index in [4.69, 9.17) is 5.73 Å². The molecule has 16 heavy (non-hydrogen) atoms. The second-order valence-corrected chi connectivity index (χ2v) is 3.23. The normalized spacial score (nSPS) is 13.7. The Hall–Kier alpha value is -1.15. The van der Waals surface area contributed by atoms with Gasteiger partial charge >= 0.3 is 18.1 Å². The van der Waals surface area contributed by atoms with Crippen molar-refractivity contribution < 1.29 is 27.5 Å². The first-order valence-electron chi connectivity index (χ1n) is 4.42. The molecule has 0 aliphatic rings. The lowest BCUT2D eigenvalue weighted by Crippen LogP contribution is -2.38. The summed E-state index contributed by atoms with van der Waals surface area (Å²) >= 11 is 0. The Balaban J connectivity index is 3.97. The molecule has 1 atom stereocenters. The van der Waals surface area contributed by atoms with Gasteiger partial charge in [-0.25, -0.2) is 4.79 Å². The van der Waals surface area contributed by atoms with Crippen LogP contribution in [0.4, 0.5) is 13.2 Å². The van der Waals surface area contributed by atoms with E-state index in [1.165, 1.54) is 4.90 Å². The zero-order valence-electron chi connectivity index (χ0n) is 8.87. The molecule has 0 aromatic heterocycles. The molecule has 0 bridgehead atoms. The van der Waals surface area contributed by atoms with E-state index in [9.17, 15) is 22.8 Å². The predicted octanol–water partition coefficient (Wildman–Crippen LogP) is 0.245. The average Bonchev–Trinajstić information content (AvgIpc) is 2.12. The molecule has 0 heterocycles. The van der Waals surface area contributed by atoms with Crippen molar-refractivity contribution in [1.82, 2.24) is 4.90 Å². The SMILES string of the molecule is CC(N)N(C)CCC(=O)OC(=O)C(F)(F)F. The van der Waals surface area contributed by atoms with Crippen LogP contribution >= 0.6 is 0 Å². The van der Waals surface area contributed by atoms with Crippen LogP contribution in [0.3, 0.4) is 0 Å². The van der Waals surface area contributed by atoms with Gasteiger partial charge in [-0.15, -0.1) is 0 Å². The number of hydrogen-bond donors (Lipinski definition) is 1. The molecule has 0 aromatic rings. The molecule has 2 N–H and O–H groups in total. The highest BCUT2D eigenvalue weighted by Crippen LogP contribution is 2.16. The highest BCUT2D eigenvalue weighted by Gasteiger charge is 2.42. The standard InChI is InChI=1S/C8H13F3N2O3/c1-5(12)13(2)4-3-6(14)16-7(15)8(9,10)11/h5H,3-4,12H2,1-2H3. The summed E-state index contributed by atoms with van der Waals surface area (Å²) in [6.07, 6.45) is -5.83. The van der Waals surface area contributed by atoms with Gasteiger partial charge in [-0.3, -0.25) is 9.69 Å². The number of nitrogens with zero attached hydrogens (tertiary/aromatic N) is 1. The van der Waals surface area contributed by atoms with Crippen LogP contribution in [0, 0.1) is 0 Å². The smallest absolute Gasteiger partial charge is 0.386 e. The minimum absolute atomic E-state index is 0.113. The van der Waals surface area contributed by atoms with Crippen LogP contribution in [0.5, 0.6) is 0 Å². The molecule has 0 fully saturated rings. The molecule has 5 nitrogen and oxygen atoms in total. The van der Waals surface area contributed by atoms with Gasteiger partial charge in [-0.2, -0.15) is 13.2 Å². The number of esters is 2. The van der Waals surface area contributed by atoms with E-state index in [1.807, 2.05) is 0 Å². The van der Waals surface area contributed by atoms with Crippen molar-refractivity contribution in [3.8, 4) is 0 Å². The molecule has 0 aliphatic heterocycles. The molecule has 0 aromatic carbocycles. The van der Waals surface area contributed by atoms with Gasteiger partial charge in [0.25, 0.3) is 0 Å². The highest BCUT2D eigenvalue weighted by molar-refractivity contribution is 5.88. The zero-order chi connectivity index (χ0) is 12.9. The van der Waals surface area contributed by atoms with Gasteiger partial charge in [-0.1, -0.05) is 0 Å². The maximum absolute atomic E-state index is 11.7. The Kier molecular flexibility index (Phi) is 5.39. The van der Waals surface area contributed by atoms with Gasteiger partial charge in [-0.05, 0) is 14.0 Å². The lowest BCUT2D eigenvalue weighted by atomic mass is 10.4. The van der Waals surface area contributed by atoms with Crippen LogP contribution in [0.25, 0.3) is 0 Å². The maximum Gasteiger partial charge on any atom is 0.491 e. The minimum atomic E-state index is -5.15.